The topological polar surface area (TPSA) is 69.1 Å². The van der Waals surface area contributed by atoms with E-state index >= 15 is 0 Å². The van der Waals surface area contributed by atoms with Gasteiger partial charge in [0.25, 0.3) is 0 Å². The first kappa shape index (κ1) is 10.9. The van der Waals surface area contributed by atoms with Crippen LogP contribution >= 0.6 is 11.6 Å². The normalized spacial score (nSPS) is 14.8. The Labute approximate surface area is 85.8 Å². The molecule has 0 aromatic heterocycles. The Balaban J connectivity index is 2.84. The molecule has 0 saturated carbocycles. The van der Waals surface area contributed by atoms with Crippen molar-refractivity contribution in [3.05, 3.63) is 34.9 Å². The number of rotatable bonds is 3. The van der Waals surface area contributed by atoms with Crippen molar-refractivity contribution in [3.8, 4) is 0 Å². The summed E-state index contributed by atoms with van der Waals surface area (Å²) in [5.41, 5.74) is 10.4. The molecule has 0 aliphatic heterocycles. The maximum Gasteiger partial charge on any atom is 0.237 e. The smallest absolute Gasteiger partial charge is 0.237 e. The highest BCUT2D eigenvalue weighted by Gasteiger charge is 2.23. The van der Waals surface area contributed by atoms with E-state index < -0.39 is 18.1 Å². The van der Waals surface area contributed by atoms with Gasteiger partial charge in [-0.2, -0.15) is 0 Å². The summed E-state index contributed by atoms with van der Waals surface area (Å²) in [7, 11) is 0. The van der Waals surface area contributed by atoms with Crippen molar-refractivity contribution >= 4 is 17.5 Å². The lowest BCUT2D eigenvalue weighted by Gasteiger charge is -2.13. The Morgan fingerprint density at radius 1 is 1.36 bits per heavy atom. The minimum atomic E-state index is -1.59. The van der Waals surface area contributed by atoms with Crippen molar-refractivity contribution in [2.45, 2.75) is 12.2 Å². The van der Waals surface area contributed by atoms with Gasteiger partial charge in [-0.15, -0.1) is 0 Å². The van der Waals surface area contributed by atoms with Gasteiger partial charge in [-0.1, -0.05) is 23.7 Å². The van der Waals surface area contributed by atoms with Gasteiger partial charge in [-0.3, -0.25) is 4.79 Å². The highest BCUT2D eigenvalue weighted by molar-refractivity contribution is 6.30. The number of hydrogen-bond donors (Lipinski definition) is 2. The molecule has 76 valence electrons. The first-order chi connectivity index (χ1) is 6.52. The maximum absolute atomic E-state index is 13.4. The average Bonchev–Trinajstić information content (AvgIpc) is 2.16. The molecule has 4 N–H and O–H groups in total. The Bertz CT molecular complexity index is 328. The zero-order valence-electron chi connectivity index (χ0n) is 7.28. The van der Waals surface area contributed by atoms with Gasteiger partial charge in [0.05, 0.1) is 0 Å². The van der Waals surface area contributed by atoms with Gasteiger partial charge in [-0.25, -0.2) is 4.39 Å². The summed E-state index contributed by atoms with van der Waals surface area (Å²) in [6, 6.07) is 4.66. The molecule has 1 aromatic rings. The van der Waals surface area contributed by atoms with Crippen molar-refractivity contribution in [1.29, 1.82) is 0 Å². The van der Waals surface area contributed by atoms with Crippen LogP contribution in [0.25, 0.3) is 0 Å². The van der Waals surface area contributed by atoms with Gasteiger partial charge < -0.3 is 11.5 Å². The van der Waals surface area contributed by atoms with Crippen molar-refractivity contribution in [2.24, 2.45) is 11.5 Å². The molecule has 5 heteroatoms. The SMILES string of the molecule is NC(=O)C(N)C(F)c1ccc(Cl)cc1. The quantitative estimate of drug-likeness (QED) is 0.796. The first-order valence-electron chi connectivity index (χ1n) is 3.97. The second kappa shape index (κ2) is 4.39. The monoisotopic (exact) mass is 216 g/mol. The van der Waals surface area contributed by atoms with Crippen LogP contribution in [0.1, 0.15) is 11.7 Å². The van der Waals surface area contributed by atoms with Crippen LogP contribution in [0.4, 0.5) is 4.39 Å². The van der Waals surface area contributed by atoms with Crippen LogP contribution in [0.5, 0.6) is 0 Å². The number of halogens is 2. The van der Waals surface area contributed by atoms with E-state index in [4.69, 9.17) is 23.1 Å². The molecular weight excluding hydrogens is 207 g/mol. The highest BCUT2D eigenvalue weighted by atomic mass is 35.5. The second-order valence-electron chi connectivity index (χ2n) is 2.88. The third-order valence-electron chi connectivity index (χ3n) is 1.83. The molecule has 0 bridgehead atoms. The molecule has 0 saturated heterocycles. The van der Waals surface area contributed by atoms with Crippen molar-refractivity contribution < 1.29 is 9.18 Å². The number of amides is 1. The van der Waals surface area contributed by atoms with Crippen LogP contribution < -0.4 is 11.5 Å². The third-order valence-corrected chi connectivity index (χ3v) is 2.08. The summed E-state index contributed by atoms with van der Waals surface area (Å²) in [6.45, 7) is 0. The molecule has 2 atom stereocenters. The largest absolute Gasteiger partial charge is 0.368 e. The fourth-order valence-electron chi connectivity index (χ4n) is 0.998. The van der Waals surface area contributed by atoms with E-state index in [1.54, 1.807) is 0 Å². The molecule has 3 nitrogen and oxygen atoms in total. The van der Waals surface area contributed by atoms with Crippen LogP contribution in [-0.2, 0) is 4.79 Å². The predicted molar refractivity (Wildman–Crippen MR) is 52.5 cm³/mol. The summed E-state index contributed by atoms with van der Waals surface area (Å²) in [6.07, 6.45) is -1.59. The van der Waals surface area contributed by atoms with Crippen molar-refractivity contribution in [1.82, 2.24) is 0 Å². The van der Waals surface area contributed by atoms with E-state index in [-0.39, 0.29) is 0 Å². The van der Waals surface area contributed by atoms with Crippen LogP contribution in [0.2, 0.25) is 5.02 Å². The van der Waals surface area contributed by atoms with E-state index in [2.05, 4.69) is 0 Å². The van der Waals surface area contributed by atoms with E-state index in [1.165, 1.54) is 24.3 Å². The van der Waals surface area contributed by atoms with Gasteiger partial charge in [0.2, 0.25) is 5.91 Å². The Hall–Kier alpha value is -1.13. The number of nitrogens with two attached hydrogens (primary N) is 2. The van der Waals surface area contributed by atoms with Crippen LogP contribution in [0.15, 0.2) is 24.3 Å². The second-order valence-corrected chi connectivity index (χ2v) is 3.32. The minimum Gasteiger partial charge on any atom is -0.368 e. The van der Waals surface area contributed by atoms with E-state index in [0.717, 1.165) is 0 Å². The molecule has 1 aromatic carbocycles. The molecule has 0 heterocycles. The zero-order chi connectivity index (χ0) is 10.7. The number of carbonyl (C=O) groups excluding carboxylic acids is 1. The first-order valence-corrected chi connectivity index (χ1v) is 4.34. The molecule has 0 aliphatic rings. The van der Waals surface area contributed by atoms with Crippen molar-refractivity contribution in [2.75, 3.05) is 0 Å². The molecule has 0 spiro atoms. The van der Waals surface area contributed by atoms with Crippen molar-refractivity contribution in [3.63, 3.8) is 0 Å². The molecule has 0 fully saturated rings. The summed E-state index contributed by atoms with van der Waals surface area (Å²) in [4.78, 5) is 10.6. The summed E-state index contributed by atoms with van der Waals surface area (Å²) >= 11 is 5.61. The number of hydrogen-bond acceptors (Lipinski definition) is 2. The van der Waals surface area contributed by atoms with E-state index in [9.17, 15) is 9.18 Å². The zero-order valence-corrected chi connectivity index (χ0v) is 8.04. The Morgan fingerprint density at radius 3 is 2.29 bits per heavy atom. The summed E-state index contributed by atoms with van der Waals surface area (Å²) in [5, 5.41) is 0.494. The standard InChI is InChI=1S/C9H10ClFN2O/c10-6-3-1-5(2-4-6)7(11)8(12)9(13)14/h1-4,7-8H,12H2,(H2,13,14). The highest BCUT2D eigenvalue weighted by Crippen LogP contribution is 2.21. The number of primary amides is 1. The van der Waals surface area contributed by atoms with E-state index in [1.807, 2.05) is 0 Å². The van der Waals surface area contributed by atoms with Crippen LogP contribution in [-0.4, -0.2) is 11.9 Å². The summed E-state index contributed by atoms with van der Waals surface area (Å²) in [5.74, 6) is -0.868. The van der Waals surface area contributed by atoms with Crippen LogP contribution in [0.3, 0.4) is 0 Å². The minimum absolute atomic E-state index is 0.292. The lowest BCUT2D eigenvalue weighted by atomic mass is 10.0. The molecule has 14 heavy (non-hydrogen) atoms. The lowest BCUT2D eigenvalue weighted by Crippen LogP contribution is -2.39. The van der Waals surface area contributed by atoms with Gasteiger partial charge in [0, 0.05) is 5.02 Å². The molecule has 0 radical (unpaired) electrons. The molecule has 1 amide bonds. The number of alkyl halides is 1. The van der Waals surface area contributed by atoms with Crippen LogP contribution in [0, 0.1) is 0 Å². The number of benzene rings is 1. The molecule has 0 aliphatic carbocycles. The predicted octanol–water partition coefficient (Wildman–Crippen LogP) is 1.16. The van der Waals surface area contributed by atoms with Gasteiger partial charge in [0.1, 0.15) is 12.2 Å². The van der Waals surface area contributed by atoms with Gasteiger partial charge in [0.15, 0.2) is 0 Å². The summed E-state index contributed by atoms with van der Waals surface area (Å²) < 4.78 is 13.4. The Kier molecular flexibility index (Phi) is 3.43. The Morgan fingerprint density at radius 2 is 1.86 bits per heavy atom. The lowest BCUT2D eigenvalue weighted by molar-refractivity contribution is -0.120. The number of carbonyl (C=O) groups is 1. The molecule has 2 unspecified atom stereocenters. The average molecular weight is 217 g/mol. The van der Waals surface area contributed by atoms with Gasteiger partial charge >= 0.3 is 0 Å². The molecular formula is C9H10ClFN2O. The third kappa shape index (κ3) is 2.43. The fourth-order valence-corrected chi connectivity index (χ4v) is 1.12. The fraction of sp³-hybridized carbons (Fsp3) is 0.222. The molecule has 1 rings (SSSR count). The van der Waals surface area contributed by atoms with E-state index in [0.29, 0.717) is 10.6 Å². The maximum atomic E-state index is 13.4. The van der Waals surface area contributed by atoms with Gasteiger partial charge in [-0.05, 0) is 17.7 Å².